The van der Waals surface area contributed by atoms with E-state index >= 15 is 0 Å². The van der Waals surface area contributed by atoms with Crippen molar-refractivity contribution in [3.63, 3.8) is 0 Å². The normalized spacial score (nSPS) is 19.2. The number of nitrogens with zero attached hydrogens (tertiary/aromatic N) is 2. The van der Waals surface area contributed by atoms with Crippen molar-refractivity contribution in [2.45, 2.75) is 31.8 Å². The zero-order chi connectivity index (χ0) is 19.3. The SMILES string of the molecule is COc1cc2c(cc1CN(C)[C@H]1CCCN(CCc3ccccc3)C1)OCO2. The van der Waals surface area contributed by atoms with Gasteiger partial charge in [0.25, 0.3) is 0 Å². The van der Waals surface area contributed by atoms with Crippen LogP contribution in [0.4, 0.5) is 0 Å². The highest BCUT2D eigenvalue weighted by Gasteiger charge is 2.25. The summed E-state index contributed by atoms with van der Waals surface area (Å²) in [6, 6.07) is 15.3. The standard InChI is InChI=1S/C23H30N2O3/c1-24(15-19-13-22-23(28-17-27-22)14-21(19)26-2)20-9-6-11-25(16-20)12-10-18-7-4-3-5-8-18/h3-5,7-8,13-14,20H,6,9-12,15-17H2,1-2H3/t20-/m0/s1. The van der Waals surface area contributed by atoms with E-state index in [0.29, 0.717) is 6.04 Å². The van der Waals surface area contributed by atoms with Gasteiger partial charge in [-0.3, -0.25) is 4.90 Å². The summed E-state index contributed by atoms with van der Waals surface area (Å²) in [5, 5.41) is 0. The second-order valence-corrected chi connectivity index (χ2v) is 7.76. The molecule has 1 atom stereocenters. The van der Waals surface area contributed by atoms with Crippen LogP contribution in [0, 0.1) is 0 Å². The average Bonchev–Trinajstić information content (AvgIpc) is 3.20. The van der Waals surface area contributed by atoms with E-state index in [-0.39, 0.29) is 6.79 Å². The lowest BCUT2D eigenvalue weighted by Crippen LogP contribution is -2.46. The van der Waals surface area contributed by atoms with E-state index in [4.69, 9.17) is 14.2 Å². The highest BCUT2D eigenvalue weighted by atomic mass is 16.7. The van der Waals surface area contributed by atoms with Crippen LogP contribution in [0.25, 0.3) is 0 Å². The fraction of sp³-hybridized carbons (Fsp3) is 0.478. The Hall–Kier alpha value is -2.24. The summed E-state index contributed by atoms with van der Waals surface area (Å²) in [7, 11) is 3.93. The van der Waals surface area contributed by atoms with E-state index in [1.54, 1.807) is 7.11 Å². The smallest absolute Gasteiger partial charge is 0.231 e. The molecule has 0 bridgehead atoms. The van der Waals surface area contributed by atoms with Crippen molar-refractivity contribution in [3.05, 3.63) is 53.6 Å². The molecule has 2 aliphatic heterocycles. The minimum absolute atomic E-state index is 0.288. The molecule has 2 aliphatic rings. The molecule has 1 saturated heterocycles. The third-order valence-electron chi connectivity index (χ3n) is 5.86. The maximum Gasteiger partial charge on any atom is 0.231 e. The van der Waals surface area contributed by atoms with E-state index in [0.717, 1.165) is 48.9 Å². The average molecular weight is 383 g/mol. The third kappa shape index (κ3) is 4.42. The van der Waals surface area contributed by atoms with E-state index in [1.165, 1.54) is 24.9 Å². The van der Waals surface area contributed by atoms with Crippen LogP contribution in [0.1, 0.15) is 24.0 Å². The quantitative estimate of drug-likeness (QED) is 0.731. The van der Waals surface area contributed by atoms with E-state index in [2.05, 4.69) is 53.2 Å². The maximum atomic E-state index is 5.59. The molecule has 28 heavy (non-hydrogen) atoms. The van der Waals surface area contributed by atoms with Gasteiger partial charge in [-0.05, 0) is 44.5 Å². The molecule has 2 heterocycles. The van der Waals surface area contributed by atoms with Crippen molar-refractivity contribution in [1.82, 2.24) is 9.80 Å². The number of methoxy groups -OCH3 is 1. The summed E-state index contributed by atoms with van der Waals surface area (Å²) in [5.74, 6) is 2.46. The molecule has 0 aliphatic carbocycles. The van der Waals surface area contributed by atoms with Gasteiger partial charge in [-0.15, -0.1) is 0 Å². The van der Waals surface area contributed by atoms with Gasteiger partial charge in [-0.25, -0.2) is 0 Å². The first-order chi connectivity index (χ1) is 13.7. The number of fused-ring (bicyclic) bond motifs is 1. The van der Waals surface area contributed by atoms with Crippen LogP contribution in [-0.2, 0) is 13.0 Å². The molecule has 2 aromatic carbocycles. The molecule has 0 aromatic heterocycles. The van der Waals surface area contributed by atoms with Crippen molar-refractivity contribution in [3.8, 4) is 17.2 Å². The van der Waals surface area contributed by atoms with Crippen LogP contribution >= 0.6 is 0 Å². The Balaban J connectivity index is 1.36. The number of likely N-dealkylation sites (N-methyl/N-ethyl adjacent to an activating group) is 1. The second kappa shape index (κ2) is 8.84. The zero-order valence-electron chi connectivity index (χ0n) is 16.9. The summed E-state index contributed by atoms with van der Waals surface area (Å²) in [6.45, 7) is 4.58. The number of rotatable bonds is 7. The van der Waals surface area contributed by atoms with Gasteiger partial charge >= 0.3 is 0 Å². The number of hydrogen-bond donors (Lipinski definition) is 0. The monoisotopic (exact) mass is 382 g/mol. The largest absolute Gasteiger partial charge is 0.496 e. The number of ether oxygens (including phenoxy) is 3. The van der Waals surface area contributed by atoms with Crippen molar-refractivity contribution < 1.29 is 14.2 Å². The van der Waals surface area contributed by atoms with Gasteiger partial charge in [0.15, 0.2) is 11.5 Å². The summed E-state index contributed by atoms with van der Waals surface area (Å²) < 4.78 is 16.6. The van der Waals surface area contributed by atoms with Crippen LogP contribution in [0.3, 0.4) is 0 Å². The predicted molar refractivity (Wildman–Crippen MR) is 110 cm³/mol. The Morgan fingerprint density at radius 3 is 2.71 bits per heavy atom. The van der Waals surface area contributed by atoms with Crippen molar-refractivity contribution in [2.24, 2.45) is 0 Å². The predicted octanol–water partition coefficient (Wildman–Crippen LogP) is 3.56. The number of hydrogen-bond acceptors (Lipinski definition) is 5. The third-order valence-corrected chi connectivity index (χ3v) is 5.86. The molecule has 1 fully saturated rings. The fourth-order valence-corrected chi connectivity index (χ4v) is 4.20. The minimum Gasteiger partial charge on any atom is -0.496 e. The Bertz CT molecular complexity index is 781. The van der Waals surface area contributed by atoms with Crippen molar-refractivity contribution in [1.29, 1.82) is 0 Å². The second-order valence-electron chi connectivity index (χ2n) is 7.76. The van der Waals surface area contributed by atoms with Crippen LogP contribution in [0.5, 0.6) is 17.2 Å². The van der Waals surface area contributed by atoms with Gasteiger partial charge in [-0.1, -0.05) is 30.3 Å². The Kier molecular flexibility index (Phi) is 6.03. The lowest BCUT2D eigenvalue weighted by atomic mass is 10.0. The molecule has 0 radical (unpaired) electrons. The van der Waals surface area contributed by atoms with E-state index in [1.807, 2.05) is 6.07 Å². The molecule has 150 valence electrons. The maximum absolute atomic E-state index is 5.59. The van der Waals surface area contributed by atoms with Gasteiger partial charge in [0.05, 0.1) is 7.11 Å². The lowest BCUT2D eigenvalue weighted by molar-refractivity contribution is 0.112. The summed E-state index contributed by atoms with van der Waals surface area (Å²) >= 11 is 0. The molecule has 0 saturated carbocycles. The van der Waals surface area contributed by atoms with Gasteiger partial charge in [0, 0.05) is 37.3 Å². The molecular formula is C23H30N2O3. The summed E-state index contributed by atoms with van der Waals surface area (Å²) in [6.07, 6.45) is 3.61. The van der Waals surface area contributed by atoms with Crippen molar-refractivity contribution >= 4 is 0 Å². The Labute approximate surface area is 167 Å². The van der Waals surface area contributed by atoms with Gasteiger partial charge in [0.1, 0.15) is 5.75 Å². The van der Waals surface area contributed by atoms with Crippen molar-refractivity contribution in [2.75, 3.05) is 40.6 Å². The van der Waals surface area contributed by atoms with Gasteiger partial charge in [-0.2, -0.15) is 0 Å². The Morgan fingerprint density at radius 2 is 1.93 bits per heavy atom. The molecular weight excluding hydrogens is 352 g/mol. The molecule has 0 unspecified atom stereocenters. The van der Waals surface area contributed by atoms with E-state index < -0.39 is 0 Å². The molecule has 0 spiro atoms. The van der Waals surface area contributed by atoms with Crippen LogP contribution in [0.2, 0.25) is 0 Å². The van der Waals surface area contributed by atoms with Gasteiger partial charge in [0.2, 0.25) is 6.79 Å². The first-order valence-electron chi connectivity index (χ1n) is 10.2. The molecule has 5 nitrogen and oxygen atoms in total. The van der Waals surface area contributed by atoms with E-state index in [9.17, 15) is 0 Å². The number of piperidine rings is 1. The number of likely N-dealkylation sites (tertiary alicyclic amines) is 1. The first-order valence-corrected chi connectivity index (χ1v) is 10.2. The molecule has 5 heteroatoms. The molecule has 0 amide bonds. The topological polar surface area (TPSA) is 34.2 Å². The highest BCUT2D eigenvalue weighted by molar-refractivity contribution is 5.51. The molecule has 4 rings (SSSR count). The summed E-state index contributed by atoms with van der Waals surface area (Å²) in [4.78, 5) is 5.06. The van der Waals surface area contributed by atoms with Crippen LogP contribution < -0.4 is 14.2 Å². The lowest BCUT2D eigenvalue weighted by Gasteiger charge is -2.38. The number of benzene rings is 2. The highest BCUT2D eigenvalue weighted by Crippen LogP contribution is 2.38. The summed E-state index contributed by atoms with van der Waals surface area (Å²) in [5.41, 5.74) is 2.57. The first kappa shape index (κ1) is 19.1. The van der Waals surface area contributed by atoms with Gasteiger partial charge < -0.3 is 19.1 Å². The fourth-order valence-electron chi connectivity index (χ4n) is 4.20. The molecule has 0 N–H and O–H groups in total. The minimum atomic E-state index is 0.288. The Morgan fingerprint density at radius 1 is 1.14 bits per heavy atom. The van der Waals surface area contributed by atoms with Crippen LogP contribution in [-0.4, -0.2) is 56.4 Å². The molecule has 2 aromatic rings. The zero-order valence-corrected chi connectivity index (χ0v) is 16.9. The van der Waals surface area contributed by atoms with Crippen LogP contribution in [0.15, 0.2) is 42.5 Å².